The van der Waals surface area contributed by atoms with Gasteiger partial charge in [0.1, 0.15) is 17.3 Å². The van der Waals surface area contributed by atoms with Gasteiger partial charge in [0.25, 0.3) is 0 Å². The molecule has 2 rings (SSSR count). The summed E-state index contributed by atoms with van der Waals surface area (Å²) in [5.74, 6) is -2.00. The Morgan fingerprint density at radius 2 is 2.10 bits per heavy atom. The van der Waals surface area contributed by atoms with Crippen molar-refractivity contribution in [2.75, 3.05) is 31.2 Å². The first-order valence-corrected chi connectivity index (χ1v) is 6.01. The number of halogens is 2. The van der Waals surface area contributed by atoms with Crippen molar-refractivity contribution in [3.63, 3.8) is 0 Å². The summed E-state index contributed by atoms with van der Waals surface area (Å²) in [4.78, 5) is 1.46. The molecule has 0 amide bonds. The van der Waals surface area contributed by atoms with Gasteiger partial charge >= 0.3 is 0 Å². The number of nitrogens with zero attached hydrogens (tertiary/aromatic N) is 2. The van der Waals surface area contributed by atoms with Crippen LogP contribution in [-0.4, -0.2) is 48.6 Å². The number of hydrogen-bond acceptors (Lipinski definition) is 5. The van der Waals surface area contributed by atoms with Crippen molar-refractivity contribution in [1.29, 1.82) is 0 Å². The molecule has 8 heteroatoms. The van der Waals surface area contributed by atoms with E-state index in [0.29, 0.717) is 6.54 Å². The van der Waals surface area contributed by atoms with Crippen molar-refractivity contribution in [3.05, 3.63) is 29.3 Å². The lowest BCUT2D eigenvalue weighted by molar-refractivity contribution is 0.00323. The van der Waals surface area contributed by atoms with Crippen molar-refractivity contribution < 1.29 is 23.8 Å². The summed E-state index contributed by atoms with van der Waals surface area (Å²) in [6.07, 6.45) is -0.480. The van der Waals surface area contributed by atoms with Crippen molar-refractivity contribution in [2.24, 2.45) is 10.9 Å². The lowest BCUT2D eigenvalue weighted by Gasteiger charge is -2.34. The van der Waals surface area contributed by atoms with Crippen LogP contribution in [0.3, 0.4) is 0 Å². The van der Waals surface area contributed by atoms with Crippen LogP contribution in [0.15, 0.2) is 17.3 Å². The van der Waals surface area contributed by atoms with Gasteiger partial charge in [-0.3, -0.25) is 0 Å². The molecule has 1 aromatic carbocycles. The Labute approximate surface area is 114 Å². The van der Waals surface area contributed by atoms with Gasteiger partial charge in [0, 0.05) is 18.7 Å². The smallest absolute Gasteiger partial charge is 0.170 e. The van der Waals surface area contributed by atoms with Crippen LogP contribution in [0.4, 0.5) is 14.5 Å². The van der Waals surface area contributed by atoms with Gasteiger partial charge in [-0.15, -0.1) is 0 Å². The zero-order valence-electron chi connectivity index (χ0n) is 10.6. The van der Waals surface area contributed by atoms with E-state index in [1.165, 1.54) is 4.90 Å². The third kappa shape index (κ3) is 2.81. The van der Waals surface area contributed by atoms with Gasteiger partial charge in [-0.1, -0.05) is 5.16 Å². The van der Waals surface area contributed by atoms with E-state index in [0.717, 1.165) is 12.1 Å². The number of aliphatic hydroxyl groups is 1. The third-order valence-electron chi connectivity index (χ3n) is 3.08. The number of morpholine rings is 1. The second kappa shape index (κ2) is 6.02. The standard InChI is InChI=1S/C12H15F2N3O3/c13-9-3-7(12(15)16-19)4-10(14)11(9)17-1-2-20-8(5-17)6-18/h3-4,8,18-19H,1-2,5-6H2,(H2,15,16). The van der Waals surface area contributed by atoms with Crippen molar-refractivity contribution in [1.82, 2.24) is 0 Å². The van der Waals surface area contributed by atoms with Crippen molar-refractivity contribution in [2.45, 2.75) is 6.10 Å². The molecule has 0 saturated carbocycles. The van der Waals surface area contributed by atoms with Crippen LogP contribution in [0.5, 0.6) is 0 Å². The Balaban J connectivity index is 2.33. The minimum atomic E-state index is -0.815. The van der Waals surface area contributed by atoms with E-state index < -0.39 is 17.7 Å². The van der Waals surface area contributed by atoms with Crippen LogP contribution in [-0.2, 0) is 4.74 Å². The van der Waals surface area contributed by atoms with Crippen LogP contribution in [0, 0.1) is 11.6 Å². The molecular weight excluding hydrogens is 272 g/mol. The lowest BCUT2D eigenvalue weighted by atomic mass is 10.1. The number of hydrogen-bond donors (Lipinski definition) is 3. The van der Waals surface area contributed by atoms with Crippen molar-refractivity contribution >= 4 is 11.5 Å². The Morgan fingerprint density at radius 1 is 1.45 bits per heavy atom. The Kier molecular flexibility index (Phi) is 4.35. The summed E-state index contributed by atoms with van der Waals surface area (Å²) in [5.41, 5.74) is 5.05. The summed E-state index contributed by atoms with van der Waals surface area (Å²) in [7, 11) is 0. The second-order valence-corrected chi connectivity index (χ2v) is 4.40. The maximum Gasteiger partial charge on any atom is 0.170 e. The summed E-state index contributed by atoms with van der Waals surface area (Å²) in [5, 5.41) is 20.3. The molecule has 1 aliphatic heterocycles. The molecular formula is C12H15F2N3O3. The van der Waals surface area contributed by atoms with E-state index in [1.807, 2.05) is 0 Å². The SMILES string of the molecule is N/C(=N\O)c1cc(F)c(N2CCOC(CO)C2)c(F)c1. The van der Waals surface area contributed by atoms with Crippen LogP contribution >= 0.6 is 0 Å². The number of amidine groups is 1. The zero-order valence-corrected chi connectivity index (χ0v) is 10.6. The fourth-order valence-corrected chi connectivity index (χ4v) is 2.11. The fourth-order valence-electron chi connectivity index (χ4n) is 2.11. The second-order valence-electron chi connectivity index (χ2n) is 4.40. The molecule has 1 heterocycles. The quantitative estimate of drug-likeness (QED) is 0.321. The predicted molar refractivity (Wildman–Crippen MR) is 67.9 cm³/mol. The molecule has 0 aromatic heterocycles. The van der Waals surface area contributed by atoms with Gasteiger partial charge in [0.15, 0.2) is 5.84 Å². The normalized spacial score (nSPS) is 20.2. The van der Waals surface area contributed by atoms with E-state index in [1.54, 1.807) is 0 Å². The molecule has 1 atom stereocenters. The number of rotatable bonds is 3. The molecule has 1 aromatic rings. The average Bonchev–Trinajstić information content (AvgIpc) is 2.45. The van der Waals surface area contributed by atoms with Crippen LogP contribution in [0.1, 0.15) is 5.56 Å². The summed E-state index contributed by atoms with van der Waals surface area (Å²) in [6, 6.07) is 1.99. The van der Waals surface area contributed by atoms with E-state index in [2.05, 4.69) is 5.16 Å². The molecule has 110 valence electrons. The first kappa shape index (κ1) is 14.5. The summed E-state index contributed by atoms with van der Waals surface area (Å²) >= 11 is 0. The molecule has 0 spiro atoms. The van der Waals surface area contributed by atoms with Gasteiger partial charge in [0.05, 0.1) is 19.3 Å². The van der Waals surface area contributed by atoms with Gasteiger partial charge in [-0.05, 0) is 12.1 Å². The van der Waals surface area contributed by atoms with E-state index in [9.17, 15) is 8.78 Å². The van der Waals surface area contributed by atoms with Gasteiger partial charge < -0.3 is 25.7 Å². The predicted octanol–water partition coefficient (Wildman–Crippen LogP) is 0.257. The maximum absolute atomic E-state index is 14.0. The topological polar surface area (TPSA) is 91.3 Å². The first-order valence-electron chi connectivity index (χ1n) is 6.01. The molecule has 0 radical (unpaired) electrons. The Morgan fingerprint density at radius 3 is 2.65 bits per heavy atom. The van der Waals surface area contributed by atoms with E-state index >= 15 is 0 Å². The van der Waals surface area contributed by atoms with Crippen LogP contribution in [0.25, 0.3) is 0 Å². The average molecular weight is 287 g/mol. The molecule has 1 fully saturated rings. The summed E-state index contributed by atoms with van der Waals surface area (Å²) < 4.78 is 33.3. The fraction of sp³-hybridized carbons (Fsp3) is 0.417. The first-order chi connectivity index (χ1) is 9.56. The molecule has 6 nitrogen and oxygen atoms in total. The maximum atomic E-state index is 14.0. The monoisotopic (exact) mass is 287 g/mol. The molecule has 4 N–H and O–H groups in total. The zero-order chi connectivity index (χ0) is 14.7. The summed E-state index contributed by atoms with van der Waals surface area (Å²) in [6.45, 7) is 0.550. The molecule has 1 saturated heterocycles. The number of oxime groups is 1. The van der Waals surface area contributed by atoms with Gasteiger partial charge in [0.2, 0.25) is 0 Å². The Hall–Kier alpha value is -1.93. The third-order valence-corrected chi connectivity index (χ3v) is 3.08. The molecule has 0 aliphatic carbocycles. The van der Waals surface area contributed by atoms with Gasteiger partial charge in [-0.2, -0.15) is 0 Å². The highest BCUT2D eigenvalue weighted by Gasteiger charge is 2.25. The molecule has 20 heavy (non-hydrogen) atoms. The molecule has 1 unspecified atom stereocenters. The highest BCUT2D eigenvalue weighted by Crippen LogP contribution is 2.26. The minimum Gasteiger partial charge on any atom is -0.409 e. The van der Waals surface area contributed by atoms with E-state index in [4.69, 9.17) is 20.8 Å². The number of nitrogens with two attached hydrogens (primary N) is 1. The highest BCUT2D eigenvalue weighted by molar-refractivity contribution is 5.97. The van der Waals surface area contributed by atoms with E-state index in [-0.39, 0.29) is 36.8 Å². The van der Waals surface area contributed by atoms with Gasteiger partial charge in [-0.25, -0.2) is 8.78 Å². The number of benzene rings is 1. The number of anilines is 1. The largest absolute Gasteiger partial charge is 0.409 e. The van der Waals surface area contributed by atoms with Crippen LogP contribution < -0.4 is 10.6 Å². The highest BCUT2D eigenvalue weighted by atomic mass is 19.1. The molecule has 0 bridgehead atoms. The molecule has 1 aliphatic rings. The van der Waals surface area contributed by atoms with Crippen molar-refractivity contribution in [3.8, 4) is 0 Å². The lowest BCUT2D eigenvalue weighted by Crippen LogP contribution is -2.44. The van der Waals surface area contributed by atoms with Crippen LogP contribution in [0.2, 0.25) is 0 Å². The Bertz CT molecular complexity index is 502. The number of ether oxygens (including phenoxy) is 1. The minimum absolute atomic E-state index is 0.0433. The number of aliphatic hydroxyl groups excluding tert-OH is 1.